The van der Waals surface area contributed by atoms with Crippen LogP contribution in [0.4, 0.5) is 14.7 Å². The Kier molecular flexibility index (Phi) is 4.45. The van der Waals surface area contributed by atoms with E-state index >= 15 is 0 Å². The molecule has 0 radical (unpaired) electrons. The lowest BCUT2D eigenvalue weighted by molar-refractivity contribution is 0.419. The van der Waals surface area contributed by atoms with Gasteiger partial charge in [0.25, 0.3) is 5.88 Å². The number of hydrogen-bond donors (Lipinski definition) is 1. The molecule has 2 rings (SSSR count). The van der Waals surface area contributed by atoms with Crippen molar-refractivity contribution in [3.63, 3.8) is 0 Å². The molecule has 0 atom stereocenters. The number of halogens is 2. The van der Waals surface area contributed by atoms with Gasteiger partial charge in [0.05, 0.1) is 6.20 Å². The van der Waals surface area contributed by atoms with Crippen LogP contribution in [-0.4, -0.2) is 16.5 Å². The fourth-order valence-corrected chi connectivity index (χ4v) is 1.54. The summed E-state index contributed by atoms with van der Waals surface area (Å²) in [5, 5.41) is 2.94. The third-order valence-corrected chi connectivity index (χ3v) is 2.59. The number of aryl methyl sites for hydroxylation is 1. The molecule has 0 aliphatic heterocycles. The van der Waals surface area contributed by atoms with Gasteiger partial charge in [-0.3, -0.25) is 0 Å². The molecule has 0 saturated carbocycles. The predicted molar refractivity (Wildman–Crippen MR) is 72.0 cm³/mol. The molecule has 0 aliphatic carbocycles. The number of nitrogens with one attached hydrogen (secondary N) is 1. The first-order chi connectivity index (χ1) is 9.60. The normalized spacial score (nSPS) is 10.4. The molecule has 4 nitrogen and oxygen atoms in total. The second-order valence-electron chi connectivity index (χ2n) is 4.29. The summed E-state index contributed by atoms with van der Waals surface area (Å²) in [6.45, 7) is 4.28. The van der Waals surface area contributed by atoms with Gasteiger partial charge in [0.2, 0.25) is 11.8 Å². The van der Waals surface area contributed by atoms with E-state index in [1.165, 1.54) is 18.2 Å². The minimum Gasteiger partial charge on any atom is -0.436 e. The van der Waals surface area contributed by atoms with Crippen molar-refractivity contribution in [3.05, 3.63) is 41.6 Å². The maximum Gasteiger partial charge on any atom is 0.260 e. The van der Waals surface area contributed by atoms with E-state index in [0.717, 1.165) is 12.6 Å². The first-order valence-corrected chi connectivity index (χ1v) is 6.30. The third-order valence-electron chi connectivity index (χ3n) is 2.59. The minimum atomic E-state index is -0.672. The highest BCUT2D eigenvalue weighted by Gasteiger charge is 2.10. The zero-order valence-electron chi connectivity index (χ0n) is 11.3. The molecule has 2 aromatic rings. The van der Waals surface area contributed by atoms with Crippen molar-refractivity contribution in [2.75, 3.05) is 11.9 Å². The van der Waals surface area contributed by atoms with Gasteiger partial charge in [0, 0.05) is 6.54 Å². The Balaban J connectivity index is 2.20. The van der Waals surface area contributed by atoms with Crippen LogP contribution in [0.25, 0.3) is 0 Å². The molecule has 0 unspecified atom stereocenters. The third kappa shape index (κ3) is 3.40. The molecule has 1 heterocycles. The monoisotopic (exact) mass is 279 g/mol. The van der Waals surface area contributed by atoms with Crippen LogP contribution in [0.3, 0.4) is 0 Å². The summed E-state index contributed by atoms with van der Waals surface area (Å²) < 4.78 is 32.1. The van der Waals surface area contributed by atoms with Crippen molar-refractivity contribution >= 4 is 5.95 Å². The van der Waals surface area contributed by atoms with Gasteiger partial charge in [-0.2, -0.15) is 9.37 Å². The molecule has 1 aromatic carbocycles. The van der Waals surface area contributed by atoms with Gasteiger partial charge in [-0.15, -0.1) is 0 Å². The summed E-state index contributed by atoms with van der Waals surface area (Å²) in [6.07, 6.45) is 1.94. The SMILES string of the molecule is CCCNc1ncc(F)c(Oc2ccc(F)c(C)c2)n1. The molecule has 6 heteroatoms. The van der Waals surface area contributed by atoms with Gasteiger partial charge >= 0.3 is 0 Å². The zero-order chi connectivity index (χ0) is 14.5. The van der Waals surface area contributed by atoms with Gasteiger partial charge in [-0.25, -0.2) is 9.37 Å². The Hall–Kier alpha value is -2.24. The van der Waals surface area contributed by atoms with Crippen LogP contribution in [-0.2, 0) is 0 Å². The molecule has 0 bridgehead atoms. The highest BCUT2D eigenvalue weighted by molar-refractivity contribution is 5.34. The van der Waals surface area contributed by atoms with Gasteiger partial charge in [0.1, 0.15) is 11.6 Å². The molecule has 106 valence electrons. The Morgan fingerprint density at radius 2 is 2.05 bits per heavy atom. The summed E-state index contributed by atoms with van der Waals surface area (Å²) in [7, 11) is 0. The topological polar surface area (TPSA) is 47.0 Å². The minimum absolute atomic E-state index is 0.190. The highest BCUT2D eigenvalue weighted by atomic mass is 19.1. The highest BCUT2D eigenvalue weighted by Crippen LogP contribution is 2.24. The fourth-order valence-electron chi connectivity index (χ4n) is 1.54. The van der Waals surface area contributed by atoms with Crippen molar-refractivity contribution < 1.29 is 13.5 Å². The van der Waals surface area contributed by atoms with E-state index in [9.17, 15) is 8.78 Å². The van der Waals surface area contributed by atoms with Crippen molar-refractivity contribution in [2.24, 2.45) is 0 Å². The molecule has 0 saturated heterocycles. The predicted octanol–water partition coefficient (Wildman–Crippen LogP) is 3.68. The van der Waals surface area contributed by atoms with E-state index in [0.29, 0.717) is 23.8 Å². The van der Waals surface area contributed by atoms with Crippen LogP contribution in [0.2, 0.25) is 0 Å². The van der Waals surface area contributed by atoms with Gasteiger partial charge in [-0.1, -0.05) is 6.92 Å². The Morgan fingerprint density at radius 3 is 2.75 bits per heavy atom. The van der Waals surface area contributed by atoms with Crippen molar-refractivity contribution in [1.29, 1.82) is 0 Å². The largest absolute Gasteiger partial charge is 0.436 e. The number of ether oxygens (including phenoxy) is 1. The van der Waals surface area contributed by atoms with Gasteiger partial charge in [0.15, 0.2) is 0 Å². The summed E-state index contributed by atoms with van der Waals surface area (Å²) >= 11 is 0. The molecular formula is C14H15F2N3O. The maximum absolute atomic E-state index is 13.6. The molecule has 0 aliphatic rings. The lowest BCUT2D eigenvalue weighted by Crippen LogP contribution is -2.05. The first kappa shape index (κ1) is 14.2. The number of benzene rings is 1. The number of aromatic nitrogens is 2. The van der Waals surface area contributed by atoms with Crippen LogP contribution in [0.15, 0.2) is 24.4 Å². The maximum atomic E-state index is 13.6. The second-order valence-corrected chi connectivity index (χ2v) is 4.29. The van der Waals surface area contributed by atoms with E-state index in [-0.39, 0.29) is 11.7 Å². The molecule has 1 N–H and O–H groups in total. The number of nitrogens with zero attached hydrogens (tertiary/aromatic N) is 2. The quantitative estimate of drug-likeness (QED) is 0.907. The second kappa shape index (κ2) is 6.27. The lowest BCUT2D eigenvalue weighted by atomic mass is 10.2. The number of anilines is 1. The number of rotatable bonds is 5. The van der Waals surface area contributed by atoms with Crippen LogP contribution >= 0.6 is 0 Å². The average Bonchev–Trinajstić information content (AvgIpc) is 2.44. The molecule has 0 amide bonds. The first-order valence-electron chi connectivity index (χ1n) is 6.30. The van der Waals surface area contributed by atoms with E-state index in [1.54, 1.807) is 6.92 Å². The summed E-state index contributed by atoms with van der Waals surface area (Å²) in [4.78, 5) is 7.76. The summed E-state index contributed by atoms with van der Waals surface area (Å²) in [6, 6.07) is 4.17. The van der Waals surface area contributed by atoms with Crippen LogP contribution in [0, 0.1) is 18.6 Å². The standard InChI is InChI=1S/C14H15F2N3O/c1-3-6-17-14-18-8-12(16)13(19-14)20-10-4-5-11(15)9(2)7-10/h4-5,7-8H,3,6H2,1-2H3,(H,17,18,19). The fraction of sp³-hybridized carbons (Fsp3) is 0.286. The van der Waals surface area contributed by atoms with Gasteiger partial charge in [-0.05, 0) is 37.1 Å². The van der Waals surface area contributed by atoms with Crippen LogP contribution in [0.1, 0.15) is 18.9 Å². The molecule has 20 heavy (non-hydrogen) atoms. The van der Waals surface area contributed by atoms with Crippen molar-refractivity contribution in [2.45, 2.75) is 20.3 Å². The summed E-state index contributed by atoms with van der Waals surface area (Å²) in [5.41, 5.74) is 0.418. The van der Waals surface area contributed by atoms with Gasteiger partial charge < -0.3 is 10.1 Å². The van der Waals surface area contributed by atoms with E-state index in [1.807, 2.05) is 6.92 Å². The Bertz CT molecular complexity index is 605. The van der Waals surface area contributed by atoms with E-state index < -0.39 is 5.82 Å². The Morgan fingerprint density at radius 1 is 1.25 bits per heavy atom. The lowest BCUT2D eigenvalue weighted by Gasteiger charge is -2.08. The molecular weight excluding hydrogens is 264 g/mol. The smallest absolute Gasteiger partial charge is 0.260 e. The zero-order valence-corrected chi connectivity index (χ0v) is 11.3. The van der Waals surface area contributed by atoms with Crippen LogP contribution in [0.5, 0.6) is 11.6 Å². The summed E-state index contributed by atoms with van der Waals surface area (Å²) in [5.74, 6) is -0.588. The van der Waals surface area contributed by atoms with E-state index in [2.05, 4.69) is 15.3 Å². The molecule has 0 fully saturated rings. The van der Waals surface area contributed by atoms with Crippen molar-refractivity contribution in [3.8, 4) is 11.6 Å². The molecule has 1 aromatic heterocycles. The van der Waals surface area contributed by atoms with Crippen molar-refractivity contribution in [1.82, 2.24) is 9.97 Å². The number of hydrogen-bond acceptors (Lipinski definition) is 4. The van der Waals surface area contributed by atoms with E-state index in [4.69, 9.17) is 4.74 Å². The van der Waals surface area contributed by atoms with Crippen LogP contribution < -0.4 is 10.1 Å². The molecule has 0 spiro atoms. The average molecular weight is 279 g/mol. The Labute approximate surface area is 115 Å².